The van der Waals surface area contributed by atoms with Crippen LogP contribution in [0.4, 0.5) is 0 Å². The van der Waals surface area contributed by atoms with Gasteiger partial charge in [-0.2, -0.15) is 0 Å². The van der Waals surface area contributed by atoms with E-state index in [0.29, 0.717) is 44.4 Å². The number of carbonyl (C=O) groups excluding carboxylic acids is 1. The van der Waals surface area contributed by atoms with E-state index >= 15 is 0 Å². The first-order valence-corrected chi connectivity index (χ1v) is 12.5. The molecule has 3 rings (SSSR count). The number of nitrogens with zero attached hydrogens (tertiary/aromatic N) is 2. The van der Waals surface area contributed by atoms with Gasteiger partial charge in [0, 0.05) is 25.6 Å². The van der Waals surface area contributed by atoms with Crippen LogP contribution in [0.5, 0.6) is 0 Å². The first kappa shape index (κ1) is 22.6. The summed E-state index contributed by atoms with van der Waals surface area (Å²) >= 11 is 0. The van der Waals surface area contributed by atoms with Crippen LogP contribution in [0.2, 0.25) is 0 Å². The van der Waals surface area contributed by atoms with Crippen molar-refractivity contribution >= 4 is 21.9 Å². The van der Waals surface area contributed by atoms with E-state index in [1.165, 1.54) is 10.7 Å². The van der Waals surface area contributed by atoms with Gasteiger partial charge in [0.2, 0.25) is 11.9 Å². The van der Waals surface area contributed by atoms with E-state index in [-0.39, 0.29) is 16.8 Å². The molecule has 0 radical (unpaired) electrons. The normalized spacial score (nSPS) is 18.3. The molecule has 30 heavy (non-hydrogen) atoms. The first-order valence-electron chi connectivity index (χ1n) is 11.0. The second-order valence-corrected chi connectivity index (χ2v) is 10.6. The molecule has 166 valence electrons. The Kier molecular flexibility index (Phi) is 7.39. The molecule has 1 amide bonds. The van der Waals surface area contributed by atoms with Crippen LogP contribution in [0.1, 0.15) is 57.9 Å². The fraction of sp³-hybridized carbons (Fsp3) is 0.636. The second-order valence-electron chi connectivity index (χ2n) is 8.73. The lowest BCUT2D eigenvalue weighted by atomic mass is 9.94. The van der Waals surface area contributed by atoms with Crippen LogP contribution in [0.15, 0.2) is 29.2 Å². The summed E-state index contributed by atoms with van der Waals surface area (Å²) in [5.41, 5.74) is 0.971. The number of hydrogen-bond donors (Lipinski definition) is 2. The van der Waals surface area contributed by atoms with Crippen molar-refractivity contribution < 1.29 is 13.2 Å². The quantitative estimate of drug-likeness (QED) is 0.658. The third-order valence-corrected chi connectivity index (χ3v) is 7.71. The number of carbonyl (C=O) groups is 1. The summed E-state index contributed by atoms with van der Waals surface area (Å²) in [5.74, 6) is 0.478. The highest BCUT2D eigenvalue weighted by Gasteiger charge is 2.38. The molecule has 1 saturated carbocycles. The van der Waals surface area contributed by atoms with Crippen molar-refractivity contribution in [1.82, 2.24) is 14.5 Å². The lowest BCUT2D eigenvalue weighted by molar-refractivity contribution is -0.121. The van der Waals surface area contributed by atoms with Gasteiger partial charge in [-0.3, -0.25) is 10.2 Å². The molecule has 1 aromatic carbocycles. The molecular weight excluding hydrogens is 400 g/mol. The van der Waals surface area contributed by atoms with Crippen molar-refractivity contribution in [3.63, 3.8) is 0 Å². The Bertz CT molecular complexity index is 846. The van der Waals surface area contributed by atoms with Gasteiger partial charge in [-0.15, -0.1) is 0 Å². The number of sulfonamides is 1. The van der Waals surface area contributed by atoms with E-state index in [4.69, 9.17) is 5.41 Å². The fourth-order valence-corrected chi connectivity index (χ4v) is 5.67. The van der Waals surface area contributed by atoms with Crippen LogP contribution in [0.25, 0.3) is 0 Å². The predicted molar refractivity (Wildman–Crippen MR) is 118 cm³/mol. The number of amides is 1. The van der Waals surface area contributed by atoms with E-state index < -0.39 is 10.0 Å². The molecule has 0 aromatic heterocycles. The van der Waals surface area contributed by atoms with Crippen molar-refractivity contribution in [3.05, 3.63) is 29.8 Å². The second kappa shape index (κ2) is 9.81. The van der Waals surface area contributed by atoms with Crippen LogP contribution in [-0.2, 0) is 21.2 Å². The molecule has 1 saturated heterocycles. The van der Waals surface area contributed by atoms with Crippen molar-refractivity contribution in [1.29, 1.82) is 5.41 Å². The van der Waals surface area contributed by atoms with Crippen LogP contribution >= 0.6 is 0 Å². The van der Waals surface area contributed by atoms with Gasteiger partial charge in [-0.1, -0.05) is 45.2 Å². The molecule has 1 aliphatic heterocycles. The maximum atomic E-state index is 13.1. The van der Waals surface area contributed by atoms with Crippen LogP contribution < -0.4 is 5.32 Å². The molecule has 7 nitrogen and oxygen atoms in total. The van der Waals surface area contributed by atoms with Crippen molar-refractivity contribution in [3.8, 4) is 0 Å². The van der Waals surface area contributed by atoms with Crippen molar-refractivity contribution in [2.45, 2.75) is 69.7 Å². The summed E-state index contributed by atoms with van der Waals surface area (Å²) in [4.78, 5) is 13.9. The number of nitrogens with one attached hydrogen (secondary N) is 2. The SMILES string of the molecule is CC(C)CC(=O)NCCc1ccc(S(=O)(=O)N2CCN(C3CCCCC3)C2=N)cc1. The summed E-state index contributed by atoms with van der Waals surface area (Å²) in [6, 6.07) is 7.09. The monoisotopic (exact) mass is 434 g/mol. The molecule has 0 spiro atoms. The number of rotatable bonds is 8. The topological polar surface area (TPSA) is 93.6 Å². The van der Waals surface area contributed by atoms with Crippen LogP contribution in [-0.4, -0.2) is 55.2 Å². The van der Waals surface area contributed by atoms with Gasteiger partial charge in [-0.25, -0.2) is 12.7 Å². The number of benzene rings is 1. The average Bonchev–Trinajstić information content (AvgIpc) is 3.10. The van der Waals surface area contributed by atoms with E-state index in [9.17, 15) is 13.2 Å². The highest BCUT2D eigenvalue weighted by atomic mass is 32.2. The highest BCUT2D eigenvalue weighted by Crippen LogP contribution is 2.28. The third kappa shape index (κ3) is 5.33. The van der Waals surface area contributed by atoms with Gasteiger partial charge in [0.15, 0.2) is 0 Å². The Labute approximate surface area is 180 Å². The molecule has 0 bridgehead atoms. The molecule has 0 atom stereocenters. The number of hydrogen-bond acceptors (Lipinski definition) is 4. The average molecular weight is 435 g/mol. The van der Waals surface area contributed by atoms with Crippen LogP contribution in [0, 0.1) is 11.3 Å². The predicted octanol–water partition coefficient (Wildman–Crippen LogP) is 2.97. The maximum Gasteiger partial charge on any atom is 0.266 e. The van der Waals surface area contributed by atoms with Gasteiger partial charge < -0.3 is 10.2 Å². The van der Waals surface area contributed by atoms with Gasteiger partial charge in [-0.05, 0) is 42.9 Å². The Morgan fingerprint density at radius 1 is 1.13 bits per heavy atom. The van der Waals surface area contributed by atoms with E-state index in [0.717, 1.165) is 31.2 Å². The fourth-order valence-electron chi connectivity index (χ4n) is 4.28. The number of guanidine groups is 1. The van der Waals surface area contributed by atoms with Crippen LogP contribution in [0.3, 0.4) is 0 Å². The molecule has 1 heterocycles. The Morgan fingerprint density at radius 2 is 1.80 bits per heavy atom. The summed E-state index contributed by atoms with van der Waals surface area (Å²) in [7, 11) is -3.73. The Balaban J connectivity index is 1.58. The largest absolute Gasteiger partial charge is 0.356 e. The molecule has 8 heteroatoms. The molecule has 0 unspecified atom stereocenters. The third-order valence-electron chi connectivity index (χ3n) is 5.91. The molecule has 2 fully saturated rings. The molecule has 2 aliphatic rings. The minimum absolute atomic E-state index is 0.0410. The Hall–Kier alpha value is -2.09. The van der Waals surface area contributed by atoms with E-state index in [1.807, 2.05) is 18.7 Å². The maximum absolute atomic E-state index is 13.1. The van der Waals surface area contributed by atoms with Gasteiger partial charge >= 0.3 is 0 Å². The van der Waals surface area contributed by atoms with Crippen molar-refractivity contribution in [2.24, 2.45) is 5.92 Å². The minimum Gasteiger partial charge on any atom is -0.356 e. The minimum atomic E-state index is -3.73. The summed E-state index contributed by atoms with van der Waals surface area (Å²) < 4.78 is 27.4. The van der Waals surface area contributed by atoms with Gasteiger partial charge in [0.05, 0.1) is 11.4 Å². The summed E-state index contributed by atoms with van der Waals surface area (Å²) in [6.45, 7) is 5.48. The molecule has 1 aromatic rings. The van der Waals surface area contributed by atoms with Gasteiger partial charge in [0.1, 0.15) is 0 Å². The summed E-state index contributed by atoms with van der Waals surface area (Å²) in [6.07, 6.45) is 6.78. The molecule has 1 aliphatic carbocycles. The van der Waals surface area contributed by atoms with Gasteiger partial charge in [0.25, 0.3) is 10.0 Å². The Morgan fingerprint density at radius 3 is 2.43 bits per heavy atom. The lowest BCUT2D eigenvalue weighted by Gasteiger charge is -2.32. The van der Waals surface area contributed by atoms with E-state index in [2.05, 4.69) is 5.32 Å². The zero-order chi connectivity index (χ0) is 21.7. The standard InChI is InChI=1S/C22H34N4O3S/c1-17(2)16-21(27)24-13-12-18-8-10-20(11-9-18)30(28,29)26-15-14-25(22(26)23)19-6-4-3-5-7-19/h8-11,17,19,23H,3-7,12-16H2,1-2H3,(H,24,27). The zero-order valence-corrected chi connectivity index (χ0v) is 18.9. The first-order chi connectivity index (χ1) is 14.3. The van der Waals surface area contributed by atoms with E-state index in [1.54, 1.807) is 24.3 Å². The van der Waals surface area contributed by atoms with Crippen molar-refractivity contribution in [2.75, 3.05) is 19.6 Å². The lowest BCUT2D eigenvalue weighted by Crippen LogP contribution is -2.42. The summed E-state index contributed by atoms with van der Waals surface area (Å²) in [5, 5.41) is 11.4. The highest BCUT2D eigenvalue weighted by molar-refractivity contribution is 7.89. The smallest absolute Gasteiger partial charge is 0.266 e. The molecular formula is C22H34N4O3S. The zero-order valence-electron chi connectivity index (χ0n) is 18.1. The molecule has 2 N–H and O–H groups in total.